The van der Waals surface area contributed by atoms with Gasteiger partial charge in [0.25, 0.3) is 6.17 Å². The molecule has 3 aromatic carbocycles. The number of ether oxygens (including phenoxy) is 1. The van der Waals surface area contributed by atoms with Crippen LogP contribution >= 0.6 is 0 Å². The zero-order valence-electron chi connectivity index (χ0n) is 19.5. The zero-order chi connectivity index (χ0) is 24.9. The van der Waals surface area contributed by atoms with Crippen molar-refractivity contribution in [2.75, 3.05) is 0 Å². The molecule has 2 heterocycles. The van der Waals surface area contributed by atoms with E-state index in [2.05, 4.69) is 20.5 Å². The molecule has 0 saturated heterocycles. The Hall–Kier alpha value is -4.92. The minimum atomic E-state index is -1.24. The van der Waals surface area contributed by atoms with Crippen molar-refractivity contribution < 1.29 is 18.9 Å². The maximum absolute atomic E-state index is 13.8. The molecule has 0 fully saturated rings. The summed E-state index contributed by atoms with van der Waals surface area (Å²) in [4.78, 5) is 34.2. The van der Waals surface area contributed by atoms with Gasteiger partial charge in [-0.2, -0.15) is 0 Å². The summed E-state index contributed by atoms with van der Waals surface area (Å²) in [5, 5.41) is 10.7. The Balaban J connectivity index is 1.54. The molecule has 2 N–H and O–H groups in total. The van der Waals surface area contributed by atoms with Crippen molar-refractivity contribution in [2.45, 2.75) is 19.7 Å². The van der Waals surface area contributed by atoms with E-state index in [4.69, 9.17) is 9.73 Å². The normalized spacial score (nSPS) is 16.1. The van der Waals surface area contributed by atoms with E-state index in [1.165, 1.54) is 4.58 Å². The van der Waals surface area contributed by atoms with Crippen molar-refractivity contribution in [2.24, 2.45) is 4.99 Å². The Morgan fingerprint density at radius 3 is 2.42 bits per heavy atom. The Kier molecular flexibility index (Phi) is 6.44. The molecule has 1 unspecified atom stereocenters. The van der Waals surface area contributed by atoms with Crippen molar-refractivity contribution in [3.05, 3.63) is 113 Å². The molecule has 0 aliphatic carbocycles. The van der Waals surface area contributed by atoms with Crippen molar-refractivity contribution in [1.82, 2.24) is 20.5 Å². The van der Waals surface area contributed by atoms with Gasteiger partial charge in [0.15, 0.2) is 0 Å². The number of fused-ring (bicyclic) bond motifs is 1. The van der Waals surface area contributed by atoms with Crippen LogP contribution in [0.4, 0.5) is 10.5 Å². The number of para-hydroxylation sites is 1. The molecule has 1 aliphatic rings. The maximum atomic E-state index is 13.8. The van der Waals surface area contributed by atoms with Gasteiger partial charge in [0, 0.05) is 11.6 Å². The summed E-state index contributed by atoms with van der Waals surface area (Å²) < 4.78 is 6.79. The second-order valence-corrected chi connectivity index (χ2v) is 8.10. The van der Waals surface area contributed by atoms with Crippen LogP contribution in [0.1, 0.15) is 28.3 Å². The first kappa shape index (κ1) is 22.9. The third-order valence-corrected chi connectivity index (χ3v) is 5.53. The lowest BCUT2D eigenvalue weighted by Crippen LogP contribution is -2.43. The monoisotopic (exact) mass is 479 g/mol. The van der Waals surface area contributed by atoms with Gasteiger partial charge in [-0.3, -0.25) is 5.32 Å². The summed E-state index contributed by atoms with van der Waals surface area (Å²) in [5.74, 6) is 0.528. The van der Waals surface area contributed by atoms with Crippen LogP contribution in [0.3, 0.4) is 0 Å². The molecule has 2 amide bonds. The second-order valence-electron chi connectivity index (χ2n) is 8.10. The lowest BCUT2D eigenvalue weighted by atomic mass is 10.0. The number of rotatable bonds is 5. The SMILES string of the molecule is Cc1nnc(C=[N+]2C(=O)C(NC(=O)OCc3ccccc3)N=C(c3ccccc3)c3ccccc32)[nH]1. The summed E-state index contributed by atoms with van der Waals surface area (Å²) in [6.07, 6.45) is -0.444. The first-order chi connectivity index (χ1) is 17.6. The lowest BCUT2D eigenvalue weighted by molar-refractivity contribution is -0.364. The fourth-order valence-corrected chi connectivity index (χ4v) is 3.86. The molecule has 0 saturated carbocycles. The van der Waals surface area contributed by atoms with E-state index in [9.17, 15) is 9.59 Å². The number of aryl methyl sites for hydroxylation is 1. The largest absolute Gasteiger partial charge is 0.445 e. The van der Waals surface area contributed by atoms with E-state index in [-0.39, 0.29) is 6.61 Å². The predicted octanol–water partition coefficient (Wildman–Crippen LogP) is 3.51. The highest BCUT2D eigenvalue weighted by molar-refractivity contribution is 6.17. The number of amides is 2. The Morgan fingerprint density at radius 1 is 1.00 bits per heavy atom. The topological polar surface area (TPSA) is 112 Å². The molecule has 1 aliphatic heterocycles. The highest BCUT2D eigenvalue weighted by Gasteiger charge is 2.38. The number of benzodiazepines with no additional fused rings is 1. The fraction of sp³-hybridized carbons (Fsp3) is 0.111. The highest BCUT2D eigenvalue weighted by Crippen LogP contribution is 2.27. The Labute approximate surface area is 207 Å². The first-order valence-corrected chi connectivity index (χ1v) is 11.4. The van der Waals surface area contributed by atoms with Crippen LogP contribution in [-0.2, 0) is 16.1 Å². The highest BCUT2D eigenvalue weighted by atomic mass is 16.5. The summed E-state index contributed by atoms with van der Waals surface area (Å²) in [7, 11) is 0. The van der Waals surface area contributed by atoms with Gasteiger partial charge in [-0.1, -0.05) is 72.8 Å². The molecule has 1 aromatic heterocycles. The molecule has 9 nitrogen and oxygen atoms in total. The van der Waals surface area contributed by atoms with E-state index >= 15 is 0 Å². The number of hydrogen-bond donors (Lipinski definition) is 2. The summed E-state index contributed by atoms with van der Waals surface area (Å²) in [6.45, 7) is 1.84. The lowest BCUT2D eigenvalue weighted by Gasteiger charge is -2.11. The summed E-state index contributed by atoms with van der Waals surface area (Å²) >= 11 is 0. The van der Waals surface area contributed by atoms with Gasteiger partial charge in [0.05, 0.1) is 11.3 Å². The van der Waals surface area contributed by atoms with E-state index in [0.717, 1.165) is 16.7 Å². The number of aromatic nitrogens is 3. The van der Waals surface area contributed by atoms with E-state index in [1.807, 2.05) is 84.9 Å². The number of carbonyl (C=O) groups excluding carboxylic acids is 2. The molecule has 1 atom stereocenters. The molecule has 178 valence electrons. The molecule has 5 rings (SSSR count). The molecule has 36 heavy (non-hydrogen) atoms. The van der Waals surface area contributed by atoms with Crippen LogP contribution in [0.25, 0.3) is 0 Å². The smallest absolute Gasteiger partial charge is 0.437 e. The van der Waals surface area contributed by atoms with E-state index in [1.54, 1.807) is 13.1 Å². The number of benzene rings is 3. The van der Waals surface area contributed by atoms with Crippen molar-refractivity contribution in [1.29, 1.82) is 0 Å². The van der Waals surface area contributed by atoms with Crippen molar-refractivity contribution >= 4 is 29.6 Å². The third kappa shape index (κ3) is 4.95. The number of carbonyl (C=O) groups is 2. The molecule has 4 aromatic rings. The molecule has 0 radical (unpaired) electrons. The van der Waals surface area contributed by atoms with Crippen LogP contribution in [0.15, 0.2) is 89.9 Å². The molecular formula is C27H23N6O3+. The number of H-pyrrole nitrogens is 1. The number of alkyl carbamates (subject to hydrolysis) is 1. The van der Waals surface area contributed by atoms with Gasteiger partial charge in [-0.25, -0.2) is 14.6 Å². The quantitative estimate of drug-likeness (QED) is 0.426. The van der Waals surface area contributed by atoms with E-state index < -0.39 is 18.2 Å². The average Bonchev–Trinajstić information content (AvgIpc) is 3.29. The number of aliphatic imine (C=N–C) groups is 1. The number of aromatic amines is 1. The van der Waals surface area contributed by atoms with Crippen molar-refractivity contribution in [3.63, 3.8) is 0 Å². The third-order valence-electron chi connectivity index (χ3n) is 5.53. The average molecular weight is 480 g/mol. The van der Waals surface area contributed by atoms with Crippen LogP contribution in [0.5, 0.6) is 0 Å². The van der Waals surface area contributed by atoms with Gasteiger partial charge in [0.1, 0.15) is 12.4 Å². The predicted molar refractivity (Wildman–Crippen MR) is 133 cm³/mol. The standard InChI is InChI=1S/C27H22N6O3/c1-18-28-23(32-31-18)16-33-22-15-9-8-14-21(22)24(20-12-6-3-7-13-20)29-25(26(33)34)30-27(35)36-17-19-10-4-2-5-11-19/h2-16,25H,17H2,1H3,(H,30,35)/p+1. The van der Waals surface area contributed by atoms with Gasteiger partial charge in [0.2, 0.25) is 17.7 Å². The molecule has 0 bridgehead atoms. The number of nitrogens with one attached hydrogen (secondary N) is 2. The zero-order valence-corrected chi connectivity index (χ0v) is 19.5. The van der Waals surface area contributed by atoms with Crippen molar-refractivity contribution in [3.8, 4) is 0 Å². The van der Waals surface area contributed by atoms with Gasteiger partial charge >= 0.3 is 12.0 Å². The Bertz CT molecular complexity index is 1460. The minimum Gasteiger partial charge on any atom is -0.445 e. The summed E-state index contributed by atoms with van der Waals surface area (Å²) in [5.41, 5.74) is 3.53. The van der Waals surface area contributed by atoms with Gasteiger partial charge in [-0.15, -0.1) is 14.8 Å². The van der Waals surface area contributed by atoms with Crippen LogP contribution in [0, 0.1) is 6.92 Å². The second kappa shape index (κ2) is 10.1. The fourth-order valence-electron chi connectivity index (χ4n) is 3.86. The maximum Gasteiger partial charge on any atom is 0.437 e. The molecular weight excluding hydrogens is 456 g/mol. The minimum absolute atomic E-state index is 0.0657. The Morgan fingerprint density at radius 2 is 1.69 bits per heavy atom. The summed E-state index contributed by atoms with van der Waals surface area (Å²) in [6, 6.07) is 26.2. The van der Waals surface area contributed by atoms with Crippen LogP contribution in [0.2, 0.25) is 0 Å². The van der Waals surface area contributed by atoms with Gasteiger partial charge in [-0.05, 0) is 18.6 Å². The molecule has 9 heteroatoms. The van der Waals surface area contributed by atoms with Crippen LogP contribution < -0.4 is 5.32 Å². The van der Waals surface area contributed by atoms with Gasteiger partial charge < -0.3 is 9.72 Å². The molecule has 0 spiro atoms. The first-order valence-electron chi connectivity index (χ1n) is 11.4. The van der Waals surface area contributed by atoms with E-state index in [0.29, 0.717) is 23.0 Å². The number of nitrogens with zero attached hydrogens (tertiary/aromatic N) is 4. The van der Waals surface area contributed by atoms with Crippen LogP contribution in [-0.4, -0.2) is 49.8 Å². The number of hydrogen-bond acceptors (Lipinski definition) is 6.